The molecule has 2 N–H and O–H groups in total. The van der Waals surface area contributed by atoms with E-state index >= 15 is 0 Å². The maximum Gasteiger partial charge on any atom is 0.253 e. The second-order valence-electron chi connectivity index (χ2n) is 6.60. The molecule has 5 nitrogen and oxygen atoms in total. The monoisotopic (exact) mass is 406 g/mol. The fourth-order valence-corrected chi connectivity index (χ4v) is 3.63. The Balaban J connectivity index is 1.44. The van der Waals surface area contributed by atoms with Gasteiger partial charge in [0.25, 0.3) is 5.91 Å². The standard InChI is InChI=1S/C20H21Cl2N3O2/c21-16-5-3-4-15(12-16)14-24-8-10-25(11-9-24)19(26)13-23-20(27)17-6-1-2-7-18(17)22/h1-7,12H,8-11,13-14H2,(H,23,27)/p+1. The van der Waals surface area contributed by atoms with Gasteiger partial charge in [0.1, 0.15) is 6.54 Å². The molecule has 0 unspecified atom stereocenters. The van der Waals surface area contributed by atoms with Crippen LogP contribution < -0.4 is 10.2 Å². The summed E-state index contributed by atoms with van der Waals surface area (Å²) in [4.78, 5) is 27.8. The fraction of sp³-hybridized carbons (Fsp3) is 0.300. The Kier molecular flexibility index (Phi) is 6.72. The quantitative estimate of drug-likeness (QED) is 0.792. The van der Waals surface area contributed by atoms with E-state index in [4.69, 9.17) is 23.2 Å². The first-order chi connectivity index (χ1) is 13.0. The van der Waals surface area contributed by atoms with E-state index in [2.05, 4.69) is 11.4 Å². The topological polar surface area (TPSA) is 53.9 Å². The highest BCUT2D eigenvalue weighted by Gasteiger charge is 2.24. The van der Waals surface area contributed by atoms with Crippen LogP contribution >= 0.6 is 23.2 Å². The number of piperazine rings is 1. The third-order valence-corrected chi connectivity index (χ3v) is 5.25. The van der Waals surface area contributed by atoms with Gasteiger partial charge in [-0.3, -0.25) is 9.59 Å². The average molecular weight is 407 g/mol. The van der Waals surface area contributed by atoms with Gasteiger partial charge in [0.05, 0.1) is 43.3 Å². The van der Waals surface area contributed by atoms with E-state index in [1.807, 2.05) is 18.2 Å². The molecule has 0 saturated carbocycles. The predicted molar refractivity (Wildman–Crippen MR) is 106 cm³/mol. The van der Waals surface area contributed by atoms with Crippen LogP contribution in [0.2, 0.25) is 10.0 Å². The van der Waals surface area contributed by atoms with E-state index in [-0.39, 0.29) is 18.4 Å². The number of benzene rings is 2. The van der Waals surface area contributed by atoms with Crippen LogP contribution in [0.25, 0.3) is 0 Å². The SMILES string of the molecule is O=C(NCC(=O)N1CC[NH+](Cc2cccc(Cl)c2)CC1)c1ccccc1Cl. The second-order valence-corrected chi connectivity index (χ2v) is 7.44. The van der Waals surface area contributed by atoms with Crippen molar-refractivity contribution in [2.24, 2.45) is 0 Å². The Labute approximate surface area is 168 Å². The molecule has 2 aromatic rings. The first-order valence-corrected chi connectivity index (χ1v) is 9.67. The average Bonchev–Trinajstić information content (AvgIpc) is 2.67. The number of nitrogens with zero attached hydrogens (tertiary/aromatic N) is 1. The molecule has 0 aliphatic carbocycles. The Morgan fingerprint density at radius 3 is 2.48 bits per heavy atom. The first kappa shape index (κ1) is 19.7. The van der Waals surface area contributed by atoms with Crippen LogP contribution in [0.3, 0.4) is 0 Å². The highest BCUT2D eigenvalue weighted by atomic mass is 35.5. The van der Waals surface area contributed by atoms with Crippen molar-refractivity contribution in [3.63, 3.8) is 0 Å². The van der Waals surface area contributed by atoms with Gasteiger partial charge >= 0.3 is 0 Å². The summed E-state index contributed by atoms with van der Waals surface area (Å²) in [6.07, 6.45) is 0. The minimum absolute atomic E-state index is 0.0202. The van der Waals surface area contributed by atoms with E-state index in [9.17, 15) is 9.59 Å². The van der Waals surface area contributed by atoms with Crippen LogP contribution in [0.1, 0.15) is 15.9 Å². The zero-order valence-electron chi connectivity index (χ0n) is 14.9. The van der Waals surface area contributed by atoms with Crippen LogP contribution in [0, 0.1) is 0 Å². The Bertz CT molecular complexity index is 820. The van der Waals surface area contributed by atoms with Crippen molar-refractivity contribution in [1.82, 2.24) is 10.2 Å². The number of hydrogen-bond acceptors (Lipinski definition) is 2. The molecule has 1 saturated heterocycles. The van der Waals surface area contributed by atoms with Crippen molar-refractivity contribution < 1.29 is 14.5 Å². The molecule has 0 spiro atoms. The Morgan fingerprint density at radius 1 is 1.04 bits per heavy atom. The Hall–Kier alpha value is -2.08. The van der Waals surface area contributed by atoms with Crippen molar-refractivity contribution in [2.75, 3.05) is 32.7 Å². The van der Waals surface area contributed by atoms with Crippen LogP contribution in [-0.2, 0) is 11.3 Å². The van der Waals surface area contributed by atoms with Gasteiger partial charge in [-0.2, -0.15) is 0 Å². The summed E-state index contributed by atoms with van der Waals surface area (Å²) in [6.45, 7) is 3.97. The highest BCUT2D eigenvalue weighted by Crippen LogP contribution is 2.14. The molecule has 1 heterocycles. The minimum atomic E-state index is -0.334. The molecule has 142 valence electrons. The second kappa shape index (κ2) is 9.22. The summed E-state index contributed by atoms with van der Waals surface area (Å²) in [5, 5.41) is 3.78. The number of carbonyl (C=O) groups excluding carboxylic acids is 2. The van der Waals surface area contributed by atoms with Gasteiger partial charge in [-0.05, 0) is 24.3 Å². The van der Waals surface area contributed by atoms with Crippen LogP contribution in [0.15, 0.2) is 48.5 Å². The van der Waals surface area contributed by atoms with Gasteiger partial charge in [-0.15, -0.1) is 0 Å². The third kappa shape index (κ3) is 5.45. The van der Waals surface area contributed by atoms with Gasteiger partial charge in [0.15, 0.2) is 0 Å². The van der Waals surface area contributed by atoms with E-state index in [0.29, 0.717) is 23.7 Å². The summed E-state index contributed by atoms with van der Waals surface area (Å²) < 4.78 is 0. The third-order valence-electron chi connectivity index (χ3n) is 4.69. The van der Waals surface area contributed by atoms with Gasteiger partial charge < -0.3 is 15.1 Å². The lowest BCUT2D eigenvalue weighted by atomic mass is 10.2. The maximum absolute atomic E-state index is 12.4. The molecule has 2 amide bonds. The summed E-state index contributed by atoms with van der Waals surface area (Å²) in [7, 11) is 0. The molecule has 2 aromatic carbocycles. The number of halogens is 2. The fourth-order valence-electron chi connectivity index (χ4n) is 3.19. The van der Waals surface area contributed by atoms with Crippen LogP contribution in [0.4, 0.5) is 0 Å². The smallest absolute Gasteiger partial charge is 0.253 e. The lowest BCUT2D eigenvalue weighted by molar-refractivity contribution is -0.917. The van der Waals surface area contributed by atoms with Crippen LogP contribution in [-0.4, -0.2) is 49.4 Å². The predicted octanol–water partition coefficient (Wildman–Crippen LogP) is 1.65. The summed E-state index contributed by atoms with van der Waals surface area (Å²) in [5.74, 6) is -0.406. The van der Waals surface area contributed by atoms with Crippen molar-refractivity contribution in [3.05, 3.63) is 69.7 Å². The minimum Gasteiger partial charge on any atom is -0.343 e. The number of hydrogen-bond donors (Lipinski definition) is 2. The molecule has 1 aliphatic rings. The van der Waals surface area contributed by atoms with Gasteiger partial charge in [0.2, 0.25) is 5.91 Å². The van der Waals surface area contributed by atoms with Gasteiger partial charge in [0, 0.05) is 10.6 Å². The summed E-state index contributed by atoms with van der Waals surface area (Å²) in [6, 6.07) is 14.7. The summed E-state index contributed by atoms with van der Waals surface area (Å²) in [5.41, 5.74) is 1.58. The summed E-state index contributed by atoms with van der Waals surface area (Å²) >= 11 is 12.0. The number of rotatable bonds is 5. The molecule has 0 bridgehead atoms. The zero-order valence-corrected chi connectivity index (χ0v) is 16.4. The number of carbonyl (C=O) groups is 2. The molecular formula is C20H22Cl2N3O2+. The largest absolute Gasteiger partial charge is 0.343 e. The molecular weight excluding hydrogens is 385 g/mol. The molecule has 1 fully saturated rings. The van der Waals surface area contributed by atoms with Crippen molar-refractivity contribution in [1.29, 1.82) is 0 Å². The maximum atomic E-state index is 12.4. The molecule has 0 atom stereocenters. The normalized spacial score (nSPS) is 14.8. The number of quaternary nitrogens is 1. The molecule has 0 radical (unpaired) electrons. The van der Waals surface area contributed by atoms with Crippen LogP contribution in [0.5, 0.6) is 0 Å². The van der Waals surface area contributed by atoms with Gasteiger partial charge in [-0.1, -0.05) is 47.5 Å². The Morgan fingerprint density at radius 2 is 1.78 bits per heavy atom. The van der Waals surface area contributed by atoms with E-state index < -0.39 is 0 Å². The number of nitrogens with one attached hydrogen (secondary N) is 2. The first-order valence-electron chi connectivity index (χ1n) is 8.91. The van der Waals surface area contributed by atoms with Gasteiger partial charge in [-0.25, -0.2) is 0 Å². The van der Waals surface area contributed by atoms with E-state index in [1.165, 1.54) is 10.5 Å². The number of amides is 2. The van der Waals surface area contributed by atoms with E-state index in [1.54, 1.807) is 29.2 Å². The van der Waals surface area contributed by atoms with Crippen molar-refractivity contribution >= 4 is 35.0 Å². The highest BCUT2D eigenvalue weighted by molar-refractivity contribution is 6.33. The lowest BCUT2D eigenvalue weighted by Crippen LogP contribution is -3.13. The zero-order chi connectivity index (χ0) is 19.2. The molecule has 3 rings (SSSR count). The molecule has 7 heteroatoms. The molecule has 0 aromatic heterocycles. The van der Waals surface area contributed by atoms with E-state index in [0.717, 1.165) is 24.7 Å². The lowest BCUT2D eigenvalue weighted by Gasteiger charge is -2.32. The molecule has 27 heavy (non-hydrogen) atoms. The van der Waals surface area contributed by atoms with Crippen molar-refractivity contribution in [3.8, 4) is 0 Å². The molecule has 1 aliphatic heterocycles. The van der Waals surface area contributed by atoms with Crippen molar-refractivity contribution in [2.45, 2.75) is 6.54 Å².